The van der Waals surface area contributed by atoms with Gasteiger partial charge in [-0.05, 0) is 63.5 Å². The highest BCUT2D eigenvalue weighted by Gasteiger charge is 2.35. The highest BCUT2D eigenvalue weighted by molar-refractivity contribution is 5.93. The molecule has 6 nitrogen and oxygen atoms in total. The van der Waals surface area contributed by atoms with Crippen molar-refractivity contribution in [1.82, 2.24) is 14.7 Å². The molecule has 0 unspecified atom stereocenters. The first-order chi connectivity index (χ1) is 15.0. The number of anilines is 1. The molecule has 168 valence electrons. The minimum Gasteiger partial charge on any atom is -0.324 e. The van der Waals surface area contributed by atoms with E-state index < -0.39 is 0 Å². The molecular weight excluding hydrogens is 388 g/mol. The largest absolute Gasteiger partial charge is 0.324 e. The Morgan fingerprint density at radius 2 is 1.65 bits per heavy atom. The fourth-order valence-corrected chi connectivity index (χ4v) is 4.74. The number of benzene rings is 1. The molecule has 0 radical (unpaired) electrons. The second-order valence-corrected chi connectivity index (χ2v) is 9.30. The summed E-state index contributed by atoms with van der Waals surface area (Å²) in [5, 5.41) is 3.08. The van der Waals surface area contributed by atoms with Crippen molar-refractivity contribution in [2.24, 2.45) is 0 Å². The Balaban J connectivity index is 1.24. The van der Waals surface area contributed by atoms with Gasteiger partial charge in [0.15, 0.2) is 0 Å². The molecule has 0 spiro atoms. The van der Waals surface area contributed by atoms with Crippen LogP contribution in [0, 0.1) is 13.8 Å². The number of nitrogens with zero attached hydrogens (tertiary/aromatic N) is 3. The molecule has 1 N–H and O–H groups in total. The summed E-state index contributed by atoms with van der Waals surface area (Å²) in [7, 11) is 0. The van der Waals surface area contributed by atoms with Crippen LogP contribution in [0.25, 0.3) is 0 Å². The van der Waals surface area contributed by atoms with E-state index in [4.69, 9.17) is 0 Å². The van der Waals surface area contributed by atoms with Gasteiger partial charge in [-0.1, -0.05) is 24.3 Å². The summed E-state index contributed by atoms with van der Waals surface area (Å²) in [5.74, 6) is 0.294. The summed E-state index contributed by atoms with van der Waals surface area (Å²) in [6, 6.07) is 6.49. The van der Waals surface area contributed by atoms with Crippen LogP contribution >= 0.6 is 0 Å². The van der Waals surface area contributed by atoms with E-state index in [1.807, 2.05) is 32.0 Å². The molecule has 1 aromatic rings. The van der Waals surface area contributed by atoms with Crippen LogP contribution in [-0.2, 0) is 9.59 Å². The van der Waals surface area contributed by atoms with E-state index >= 15 is 0 Å². The van der Waals surface area contributed by atoms with Gasteiger partial charge in [-0.3, -0.25) is 19.4 Å². The van der Waals surface area contributed by atoms with Crippen molar-refractivity contribution in [2.75, 3.05) is 44.6 Å². The smallest absolute Gasteiger partial charge is 0.241 e. The number of carbonyl (C=O) groups is 2. The van der Waals surface area contributed by atoms with Gasteiger partial charge in [0.25, 0.3) is 0 Å². The third-order valence-electron chi connectivity index (χ3n) is 6.69. The lowest BCUT2D eigenvalue weighted by Crippen LogP contribution is -2.51. The summed E-state index contributed by atoms with van der Waals surface area (Å²) in [4.78, 5) is 32.2. The van der Waals surface area contributed by atoms with Crippen molar-refractivity contribution in [1.29, 1.82) is 0 Å². The van der Waals surface area contributed by atoms with Gasteiger partial charge < -0.3 is 10.2 Å². The monoisotopic (exact) mass is 424 g/mol. The van der Waals surface area contributed by atoms with Crippen LogP contribution in [-0.4, -0.2) is 71.8 Å². The maximum Gasteiger partial charge on any atom is 0.241 e. The number of carbonyl (C=O) groups excluding carboxylic acids is 2. The first-order valence-electron chi connectivity index (χ1n) is 11.8. The van der Waals surface area contributed by atoms with E-state index in [0.29, 0.717) is 19.1 Å². The lowest BCUT2D eigenvalue weighted by Gasteiger charge is -2.36. The van der Waals surface area contributed by atoms with Crippen molar-refractivity contribution >= 4 is 17.5 Å². The summed E-state index contributed by atoms with van der Waals surface area (Å²) < 4.78 is 0. The van der Waals surface area contributed by atoms with Crippen LogP contribution in [0.1, 0.15) is 49.7 Å². The van der Waals surface area contributed by atoms with Crippen LogP contribution < -0.4 is 5.32 Å². The second-order valence-electron chi connectivity index (χ2n) is 9.30. The van der Waals surface area contributed by atoms with Crippen LogP contribution in [0.4, 0.5) is 5.69 Å². The van der Waals surface area contributed by atoms with E-state index in [-0.39, 0.29) is 11.8 Å². The molecule has 1 saturated carbocycles. The number of nitrogens with one attached hydrogen (secondary N) is 1. The predicted molar refractivity (Wildman–Crippen MR) is 124 cm³/mol. The third kappa shape index (κ3) is 5.74. The summed E-state index contributed by atoms with van der Waals surface area (Å²) in [6.45, 7) is 8.24. The third-order valence-corrected chi connectivity index (χ3v) is 6.69. The van der Waals surface area contributed by atoms with Gasteiger partial charge in [-0.25, -0.2) is 0 Å². The molecule has 31 heavy (non-hydrogen) atoms. The molecule has 3 aliphatic rings. The van der Waals surface area contributed by atoms with Crippen LogP contribution in [0.2, 0.25) is 0 Å². The molecular formula is C25H36N4O2. The Kier molecular flexibility index (Phi) is 7.08. The minimum atomic E-state index is 0.0334. The first kappa shape index (κ1) is 22.0. The van der Waals surface area contributed by atoms with Crippen molar-refractivity contribution in [3.05, 3.63) is 41.1 Å². The number of hydrogen-bond acceptors (Lipinski definition) is 4. The highest BCUT2D eigenvalue weighted by Crippen LogP contribution is 2.33. The SMILES string of the molecule is Cc1cccc(C)c1NC(=O)CN1CCN(CC(=O)N(C2=CCCCC2)C2CC2)CC1. The Bertz CT molecular complexity index is 818. The standard InChI is InChI=1S/C25H36N4O2/c1-19-7-6-8-20(2)25(19)26-23(30)17-27-13-15-28(16-14-27)18-24(31)29(22-11-12-22)21-9-4-3-5-10-21/h6-9,22H,3-5,10-18H2,1-2H3,(H,26,30). The van der Waals surface area contributed by atoms with Gasteiger partial charge in [0.1, 0.15) is 0 Å². The molecule has 2 fully saturated rings. The Morgan fingerprint density at radius 1 is 1.00 bits per heavy atom. The van der Waals surface area contributed by atoms with E-state index in [9.17, 15) is 9.59 Å². The van der Waals surface area contributed by atoms with Gasteiger partial charge in [-0.15, -0.1) is 0 Å². The van der Waals surface area contributed by atoms with Crippen molar-refractivity contribution < 1.29 is 9.59 Å². The number of piperazine rings is 1. The topological polar surface area (TPSA) is 55.9 Å². The zero-order chi connectivity index (χ0) is 21.8. The van der Waals surface area contributed by atoms with E-state index in [2.05, 4.69) is 26.1 Å². The number of allylic oxidation sites excluding steroid dienone is 2. The zero-order valence-corrected chi connectivity index (χ0v) is 19.0. The van der Waals surface area contributed by atoms with E-state index in [1.165, 1.54) is 18.5 Å². The molecule has 0 bridgehead atoms. The van der Waals surface area contributed by atoms with Crippen LogP contribution in [0.5, 0.6) is 0 Å². The summed E-state index contributed by atoms with van der Waals surface area (Å²) >= 11 is 0. The van der Waals surface area contributed by atoms with Crippen molar-refractivity contribution in [3.63, 3.8) is 0 Å². The molecule has 1 aromatic carbocycles. The molecule has 6 heteroatoms. The average molecular weight is 425 g/mol. The molecule has 0 atom stereocenters. The molecule has 1 heterocycles. The predicted octanol–water partition coefficient (Wildman–Crippen LogP) is 3.31. The van der Waals surface area contributed by atoms with Gasteiger partial charge >= 0.3 is 0 Å². The lowest BCUT2D eigenvalue weighted by molar-refractivity contribution is -0.132. The molecule has 4 rings (SSSR count). The van der Waals surface area contributed by atoms with Crippen LogP contribution in [0.3, 0.4) is 0 Å². The Hall–Kier alpha value is -2.18. The number of amides is 2. The quantitative estimate of drug-likeness (QED) is 0.730. The number of hydrogen-bond donors (Lipinski definition) is 1. The lowest BCUT2D eigenvalue weighted by atomic mass is 10.0. The normalized spacial score (nSPS) is 20.3. The minimum absolute atomic E-state index is 0.0334. The molecule has 1 saturated heterocycles. The van der Waals surface area contributed by atoms with Crippen LogP contribution in [0.15, 0.2) is 30.0 Å². The molecule has 0 aromatic heterocycles. The number of para-hydroxylation sites is 1. The average Bonchev–Trinajstić information content (AvgIpc) is 3.58. The highest BCUT2D eigenvalue weighted by atomic mass is 16.2. The van der Waals surface area contributed by atoms with Gasteiger partial charge in [0, 0.05) is 43.6 Å². The Labute approximate surface area is 186 Å². The van der Waals surface area contributed by atoms with E-state index in [1.54, 1.807) is 0 Å². The van der Waals surface area contributed by atoms with E-state index in [0.717, 1.165) is 68.7 Å². The number of aryl methyl sites for hydroxylation is 2. The summed E-state index contributed by atoms with van der Waals surface area (Å²) in [6.07, 6.45) is 9.17. The molecule has 1 aliphatic heterocycles. The maximum absolute atomic E-state index is 13.1. The molecule has 2 amide bonds. The zero-order valence-electron chi connectivity index (χ0n) is 19.0. The van der Waals surface area contributed by atoms with Gasteiger partial charge in [-0.2, -0.15) is 0 Å². The molecule has 2 aliphatic carbocycles. The van der Waals surface area contributed by atoms with Gasteiger partial charge in [0.2, 0.25) is 11.8 Å². The second kappa shape index (κ2) is 9.96. The Morgan fingerprint density at radius 3 is 2.23 bits per heavy atom. The van der Waals surface area contributed by atoms with Crippen molar-refractivity contribution in [3.8, 4) is 0 Å². The summed E-state index contributed by atoms with van der Waals surface area (Å²) in [5.41, 5.74) is 4.37. The fourth-order valence-electron chi connectivity index (χ4n) is 4.74. The van der Waals surface area contributed by atoms with Gasteiger partial charge in [0.05, 0.1) is 13.1 Å². The van der Waals surface area contributed by atoms with Crippen molar-refractivity contribution in [2.45, 2.75) is 58.4 Å². The maximum atomic E-state index is 13.1. The first-order valence-corrected chi connectivity index (χ1v) is 11.8. The fraction of sp³-hybridized carbons (Fsp3) is 0.600. The number of rotatable bonds is 7.